The van der Waals surface area contributed by atoms with E-state index in [1.165, 1.54) is 6.20 Å². The molecule has 0 unspecified atom stereocenters. The van der Waals surface area contributed by atoms with E-state index in [0.29, 0.717) is 22.4 Å². The Morgan fingerprint density at radius 1 is 1.14 bits per heavy atom. The van der Waals surface area contributed by atoms with E-state index in [9.17, 15) is 10.1 Å². The van der Waals surface area contributed by atoms with Gasteiger partial charge in [0.15, 0.2) is 0 Å². The number of anilines is 2. The van der Waals surface area contributed by atoms with Gasteiger partial charge in [-0.1, -0.05) is 30.3 Å². The van der Waals surface area contributed by atoms with Gasteiger partial charge in [0.05, 0.1) is 28.8 Å². The molecule has 0 aliphatic carbocycles. The molecule has 0 radical (unpaired) electrons. The van der Waals surface area contributed by atoms with Gasteiger partial charge in [-0.15, -0.1) is 0 Å². The average molecular weight is 478 g/mol. The molecule has 3 heterocycles. The lowest BCUT2D eigenvalue weighted by Crippen LogP contribution is -2.29. The molecule has 5 rings (SSSR count). The zero-order valence-corrected chi connectivity index (χ0v) is 19.6. The number of nitrogen functional groups attached to an aromatic ring is 1. The van der Waals surface area contributed by atoms with E-state index in [1.54, 1.807) is 4.57 Å². The summed E-state index contributed by atoms with van der Waals surface area (Å²) in [6, 6.07) is 16.5. The minimum Gasteiger partial charge on any atom is -0.368 e. The predicted molar refractivity (Wildman–Crippen MR) is 139 cm³/mol. The van der Waals surface area contributed by atoms with Gasteiger partial charge in [-0.2, -0.15) is 10.2 Å². The van der Waals surface area contributed by atoms with E-state index >= 15 is 0 Å². The summed E-state index contributed by atoms with van der Waals surface area (Å²) in [5.74, 6) is 0.764. The lowest BCUT2D eigenvalue weighted by Gasteiger charge is -2.22. The first-order valence-electron chi connectivity index (χ1n) is 11.3. The van der Waals surface area contributed by atoms with Crippen LogP contribution in [0.25, 0.3) is 22.2 Å². The van der Waals surface area contributed by atoms with Crippen molar-refractivity contribution in [3.8, 4) is 11.8 Å². The van der Waals surface area contributed by atoms with Crippen molar-refractivity contribution in [3.63, 3.8) is 0 Å². The first-order chi connectivity index (χ1) is 17.5. The molecule has 4 aromatic rings. The van der Waals surface area contributed by atoms with E-state index in [1.807, 2.05) is 74.7 Å². The molecule has 0 bridgehead atoms. The third kappa shape index (κ3) is 4.10. The van der Waals surface area contributed by atoms with Gasteiger partial charge in [0.25, 0.3) is 5.56 Å². The maximum Gasteiger partial charge on any atom is 0.266 e. The largest absolute Gasteiger partial charge is 0.368 e. The molecule has 178 valence electrons. The number of nitrogens with zero attached hydrogens (tertiary/aromatic N) is 5. The van der Waals surface area contributed by atoms with Crippen LogP contribution >= 0.6 is 0 Å². The molecule has 2 aromatic heterocycles. The maximum atomic E-state index is 14.1. The van der Waals surface area contributed by atoms with Crippen LogP contribution in [0.1, 0.15) is 36.8 Å². The van der Waals surface area contributed by atoms with Crippen LogP contribution in [0.15, 0.2) is 77.5 Å². The summed E-state index contributed by atoms with van der Waals surface area (Å²) in [5.41, 5.74) is 15.6. The third-order valence-electron chi connectivity index (χ3n) is 5.79. The zero-order chi connectivity index (χ0) is 25.2. The van der Waals surface area contributed by atoms with E-state index in [2.05, 4.69) is 32.2 Å². The number of allylic oxidation sites excluding steroid dienone is 3. The van der Waals surface area contributed by atoms with Crippen LogP contribution in [-0.4, -0.2) is 19.5 Å². The van der Waals surface area contributed by atoms with Crippen LogP contribution in [0.3, 0.4) is 0 Å². The van der Waals surface area contributed by atoms with Gasteiger partial charge in [-0.25, -0.2) is 9.97 Å². The van der Waals surface area contributed by atoms with Crippen LogP contribution in [0.4, 0.5) is 11.8 Å². The van der Waals surface area contributed by atoms with Gasteiger partial charge in [-0.3, -0.25) is 9.36 Å². The molecule has 1 atom stereocenters. The minimum absolute atomic E-state index is 0.0347. The molecule has 5 N–H and O–H groups in total. The highest BCUT2D eigenvalue weighted by Crippen LogP contribution is 2.27. The van der Waals surface area contributed by atoms with E-state index in [-0.39, 0.29) is 22.9 Å². The number of hydrogen-bond acceptors (Lipinski definition) is 9. The molecule has 0 fully saturated rings. The molecule has 36 heavy (non-hydrogen) atoms. The molecule has 0 spiro atoms. The Kier molecular flexibility index (Phi) is 5.80. The normalized spacial score (nSPS) is 13.6. The van der Waals surface area contributed by atoms with Crippen molar-refractivity contribution in [1.29, 1.82) is 5.26 Å². The number of nitrogens with two attached hydrogens (primary N) is 1. The Morgan fingerprint density at radius 2 is 1.94 bits per heavy atom. The van der Waals surface area contributed by atoms with Gasteiger partial charge in [0.1, 0.15) is 23.3 Å². The molecule has 0 amide bonds. The Hall–Kier alpha value is -5.17. The highest BCUT2D eigenvalue weighted by Gasteiger charge is 2.22. The number of hydrazine groups is 1. The first kappa shape index (κ1) is 22.6. The van der Waals surface area contributed by atoms with Crippen molar-refractivity contribution in [2.24, 2.45) is 0 Å². The van der Waals surface area contributed by atoms with E-state index in [4.69, 9.17) is 10.7 Å². The maximum absolute atomic E-state index is 14.1. The topological polar surface area (TPSA) is 147 Å². The van der Waals surface area contributed by atoms with Crippen molar-refractivity contribution >= 4 is 28.2 Å². The number of fused-ring (bicyclic) bond motifs is 1. The summed E-state index contributed by atoms with van der Waals surface area (Å²) in [7, 11) is 0. The van der Waals surface area contributed by atoms with Gasteiger partial charge in [0, 0.05) is 17.5 Å². The van der Waals surface area contributed by atoms with Crippen molar-refractivity contribution in [2.45, 2.75) is 19.9 Å². The number of aromatic nitrogens is 4. The van der Waals surface area contributed by atoms with Gasteiger partial charge >= 0.3 is 0 Å². The van der Waals surface area contributed by atoms with Crippen LogP contribution in [0, 0.1) is 11.3 Å². The smallest absolute Gasteiger partial charge is 0.266 e. The Bertz CT molecular complexity index is 1630. The number of benzene rings is 2. The van der Waals surface area contributed by atoms with Gasteiger partial charge in [0.2, 0.25) is 5.95 Å². The Balaban J connectivity index is 1.73. The molecular formula is C26H23N9O. The molecule has 10 nitrogen and oxygen atoms in total. The SMILES string of the molecule is CC1=CC(c2cccc3nc([C@H](C)Nc4nc(N)ncc4C#N)n(-c4ccccc4)c(=O)c23)=CNN1. The Morgan fingerprint density at radius 3 is 2.69 bits per heavy atom. The van der Waals surface area contributed by atoms with Crippen molar-refractivity contribution < 1.29 is 0 Å². The molecule has 1 aliphatic rings. The second-order valence-electron chi connectivity index (χ2n) is 8.31. The number of rotatable bonds is 5. The molecule has 10 heteroatoms. The molecule has 2 aromatic carbocycles. The second kappa shape index (κ2) is 9.23. The van der Waals surface area contributed by atoms with Crippen LogP contribution in [0.5, 0.6) is 0 Å². The van der Waals surface area contributed by atoms with Crippen LogP contribution in [-0.2, 0) is 0 Å². The monoisotopic (exact) mass is 477 g/mol. The van der Waals surface area contributed by atoms with Gasteiger partial charge in [-0.05, 0) is 43.7 Å². The molecule has 0 saturated carbocycles. The number of hydrogen-bond donors (Lipinski definition) is 4. The van der Waals surface area contributed by atoms with Gasteiger partial charge < -0.3 is 21.9 Å². The van der Waals surface area contributed by atoms with Crippen LogP contribution in [0.2, 0.25) is 0 Å². The predicted octanol–water partition coefficient (Wildman–Crippen LogP) is 3.16. The number of nitrogens with one attached hydrogen (secondary N) is 3. The van der Waals surface area contributed by atoms with Crippen molar-refractivity contribution in [3.05, 3.63) is 100 Å². The first-order valence-corrected chi connectivity index (χ1v) is 11.3. The fraction of sp³-hybridized carbons (Fsp3) is 0.115. The standard InChI is InChI=1S/C26H23N9O/c1-15-11-17(14-30-34-15)20-9-6-10-21-22(20)25(36)35(19-7-4-3-5-8-19)24(32-21)16(2)31-23-18(12-27)13-29-26(28)33-23/h3-11,13-14,16,30,34H,1-2H3,(H3,28,29,31,33)/t16-/m0/s1. The molecule has 1 aliphatic heterocycles. The van der Waals surface area contributed by atoms with E-state index in [0.717, 1.165) is 16.8 Å². The van der Waals surface area contributed by atoms with Crippen LogP contribution < -0.4 is 27.5 Å². The lowest BCUT2D eigenvalue weighted by molar-refractivity contribution is 0.721. The Labute approximate surface area is 206 Å². The molecular weight excluding hydrogens is 454 g/mol. The fourth-order valence-corrected chi connectivity index (χ4v) is 4.16. The van der Waals surface area contributed by atoms with Crippen molar-refractivity contribution in [2.75, 3.05) is 11.1 Å². The summed E-state index contributed by atoms with van der Waals surface area (Å²) in [5, 5.41) is 13.2. The summed E-state index contributed by atoms with van der Waals surface area (Å²) in [4.78, 5) is 27.1. The fourth-order valence-electron chi connectivity index (χ4n) is 4.16. The highest BCUT2D eigenvalue weighted by atomic mass is 16.1. The lowest BCUT2D eigenvalue weighted by atomic mass is 10.00. The summed E-state index contributed by atoms with van der Waals surface area (Å²) in [6.45, 7) is 3.79. The quantitative estimate of drug-likeness (QED) is 0.340. The average Bonchev–Trinajstić information content (AvgIpc) is 2.89. The highest BCUT2D eigenvalue weighted by molar-refractivity contribution is 5.94. The summed E-state index contributed by atoms with van der Waals surface area (Å²) < 4.78 is 1.59. The number of para-hydroxylation sites is 1. The van der Waals surface area contributed by atoms with E-state index < -0.39 is 6.04 Å². The summed E-state index contributed by atoms with van der Waals surface area (Å²) in [6.07, 6.45) is 5.14. The second-order valence-corrected chi connectivity index (χ2v) is 8.31. The number of nitriles is 1. The minimum atomic E-state index is -0.505. The van der Waals surface area contributed by atoms with Crippen molar-refractivity contribution in [1.82, 2.24) is 30.4 Å². The zero-order valence-electron chi connectivity index (χ0n) is 19.6. The molecule has 0 saturated heterocycles. The third-order valence-corrected chi connectivity index (χ3v) is 5.79. The summed E-state index contributed by atoms with van der Waals surface area (Å²) >= 11 is 0.